The molecule has 1 heterocycles. The second kappa shape index (κ2) is 36.3. The first-order chi connectivity index (χ1) is 37.3. The number of carbonyl (C=O) groups excluding carboxylic acids is 7. The van der Waals surface area contributed by atoms with E-state index in [0.717, 1.165) is 24.8 Å². The van der Waals surface area contributed by atoms with E-state index in [4.69, 9.17) is 19.2 Å². The van der Waals surface area contributed by atoms with Crippen LogP contribution in [0.15, 0.2) is 29.6 Å². The van der Waals surface area contributed by atoms with Gasteiger partial charge in [-0.1, -0.05) is 80.4 Å². The quantitative estimate of drug-likeness (QED) is 0.0395. The van der Waals surface area contributed by atoms with Gasteiger partial charge in [-0.05, 0) is 103 Å². The number of methoxy groups -OCH3 is 1. The Balaban J connectivity index is 2.24. The SMILES string of the molecule is CCCO[C@H](C[C@H](C(C)C)N(CCC)C(=O)[C@@H](CC(=O)C(C)(C)N(C)C)C(C)CC)c1nc(C(=O)N[C@@H](Cc2ccc(NC(=O)C(C)NC(=O)C(CCCCNC(=O)COCCOC)CC(=O)CC)cc2)CC(C)C(=O)O)cs1. The van der Waals surface area contributed by atoms with E-state index in [-0.39, 0.29) is 85.7 Å². The Hall–Kier alpha value is -5.15. The minimum absolute atomic E-state index is 0.0142. The molecule has 0 saturated carbocycles. The number of hydrogen-bond acceptors (Lipinski definition) is 14. The number of ketones is 2. The fourth-order valence-electron chi connectivity index (χ4n) is 8.91. The third-order valence-electron chi connectivity index (χ3n) is 14.8. The molecule has 2 rings (SSSR count). The molecule has 0 fully saturated rings. The number of aliphatic carboxylic acids is 1. The molecule has 446 valence electrons. The Morgan fingerprint density at radius 1 is 0.835 bits per heavy atom. The van der Waals surface area contributed by atoms with Gasteiger partial charge in [0.25, 0.3) is 5.91 Å². The third kappa shape index (κ3) is 24.2. The molecule has 8 atom stereocenters. The number of carbonyl (C=O) groups is 8. The number of rotatable bonds is 41. The summed E-state index contributed by atoms with van der Waals surface area (Å²) in [5.41, 5.74) is 0.629. The summed E-state index contributed by atoms with van der Waals surface area (Å²) in [4.78, 5) is 115. The van der Waals surface area contributed by atoms with E-state index in [9.17, 15) is 43.5 Å². The lowest BCUT2D eigenvalue weighted by atomic mass is 9.81. The van der Waals surface area contributed by atoms with E-state index in [1.807, 2.05) is 65.4 Å². The van der Waals surface area contributed by atoms with Crippen molar-refractivity contribution in [1.82, 2.24) is 30.7 Å². The first-order valence-corrected chi connectivity index (χ1v) is 29.4. The van der Waals surface area contributed by atoms with Crippen LogP contribution in [0.25, 0.3) is 0 Å². The number of thiazole rings is 1. The van der Waals surface area contributed by atoms with Crippen molar-refractivity contribution in [3.63, 3.8) is 0 Å². The molecule has 0 spiro atoms. The van der Waals surface area contributed by atoms with E-state index in [2.05, 4.69) is 35.1 Å². The van der Waals surface area contributed by atoms with Gasteiger partial charge in [-0.15, -0.1) is 11.3 Å². The highest BCUT2D eigenvalue weighted by Gasteiger charge is 2.40. The van der Waals surface area contributed by atoms with Gasteiger partial charge in [0.15, 0.2) is 5.78 Å². The van der Waals surface area contributed by atoms with Crippen molar-refractivity contribution in [2.75, 3.05) is 66.0 Å². The fourth-order valence-corrected chi connectivity index (χ4v) is 9.77. The summed E-state index contributed by atoms with van der Waals surface area (Å²) in [6, 6.07) is 5.10. The number of nitrogens with zero attached hydrogens (tertiary/aromatic N) is 3. The minimum atomic E-state index is -1.01. The first-order valence-electron chi connectivity index (χ1n) is 28.5. The predicted molar refractivity (Wildman–Crippen MR) is 309 cm³/mol. The molecule has 2 aromatic rings. The van der Waals surface area contributed by atoms with E-state index in [1.54, 1.807) is 57.5 Å². The van der Waals surface area contributed by atoms with E-state index < -0.39 is 65.2 Å². The van der Waals surface area contributed by atoms with Crippen LogP contribution < -0.4 is 21.3 Å². The molecule has 0 aliphatic rings. The van der Waals surface area contributed by atoms with Crippen molar-refractivity contribution < 1.29 is 57.7 Å². The van der Waals surface area contributed by atoms with Crippen molar-refractivity contribution in [3.05, 3.63) is 45.9 Å². The van der Waals surface area contributed by atoms with Gasteiger partial charge in [-0.25, -0.2) is 4.98 Å². The Labute approximate surface area is 475 Å². The minimum Gasteiger partial charge on any atom is -0.481 e. The van der Waals surface area contributed by atoms with Crippen molar-refractivity contribution in [1.29, 1.82) is 0 Å². The number of likely N-dealkylation sites (N-methyl/N-ethyl adjacent to an activating group) is 1. The Bertz CT molecular complexity index is 2220. The molecule has 0 saturated heterocycles. The summed E-state index contributed by atoms with van der Waals surface area (Å²) in [5.74, 6) is -4.68. The van der Waals surface area contributed by atoms with Crippen LogP contribution in [0.5, 0.6) is 0 Å². The lowest BCUT2D eigenvalue weighted by molar-refractivity contribution is -0.145. The molecule has 19 nitrogen and oxygen atoms in total. The van der Waals surface area contributed by atoms with E-state index >= 15 is 0 Å². The summed E-state index contributed by atoms with van der Waals surface area (Å²) < 4.78 is 16.6. The second-order valence-electron chi connectivity index (χ2n) is 22.0. The number of Topliss-reactive ketones (excluding diaryl/α,β-unsaturated/α-hetero) is 2. The van der Waals surface area contributed by atoms with Crippen LogP contribution in [0.3, 0.4) is 0 Å². The molecule has 5 N–H and O–H groups in total. The Morgan fingerprint density at radius 3 is 2.10 bits per heavy atom. The number of anilines is 1. The highest BCUT2D eigenvalue weighted by molar-refractivity contribution is 7.09. The fraction of sp³-hybridized carbons (Fsp3) is 0.712. The molecular weight excluding hydrogens is 1030 g/mol. The van der Waals surface area contributed by atoms with Crippen molar-refractivity contribution in [2.45, 2.75) is 183 Å². The Kier molecular flexibility index (Phi) is 32.1. The summed E-state index contributed by atoms with van der Waals surface area (Å²) in [6.45, 7) is 22.9. The highest BCUT2D eigenvalue weighted by atomic mass is 32.1. The van der Waals surface area contributed by atoms with Crippen molar-refractivity contribution >= 4 is 64.1 Å². The molecule has 0 bridgehead atoms. The maximum atomic E-state index is 14.8. The number of benzene rings is 1. The topological polar surface area (TPSA) is 252 Å². The Morgan fingerprint density at radius 2 is 1.52 bits per heavy atom. The molecule has 1 aromatic carbocycles. The van der Waals surface area contributed by atoms with Crippen LogP contribution in [0, 0.1) is 29.6 Å². The van der Waals surface area contributed by atoms with Crippen molar-refractivity contribution in [2.24, 2.45) is 29.6 Å². The average molecular weight is 1130 g/mol. The number of carboxylic acids is 1. The smallest absolute Gasteiger partial charge is 0.306 e. The van der Waals surface area contributed by atoms with Crippen molar-refractivity contribution in [3.8, 4) is 0 Å². The zero-order chi connectivity index (χ0) is 59.4. The monoisotopic (exact) mass is 1130 g/mol. The normalized spacial score (nSPS) is 14.8. The number of hydrogen-bond donors (Lipinski definition) is 5. The molecule has 5 amide bonds. The maximum Gasteiger partial charge on any atom is 0.306 e. The highest BCUT2D eigenvalue weighted by Crippen LogP contribution is 2.34. The van der Waals surface area contributed by atoms with Gasteiger partial charge in [0.05, 0.1) is 24.7 Å². The summed E-state index contributed by atoms with van der Waals surface area (Å²) in [6.07, 6.45) is 4.45. The second-order valence-corrected chi connectivity index (χ2v) is 22.9. The maximum absolute atomic E-state index is 14.8. The number of amides is 5. The summed E-state index contributed by atoms with van der Waals surface area (Å²) in [5, 5.41) is 23.5. The lowest BCUT2D eigenvalue weighted by Crippen LogP contribution is -2.51. The van der Waals surface area contributed by atoms with Gasteiger partial charge in [0.1, 0.15) is 35.2 Å². The lowest BCUT2D eigenvalue weighted by Gasteiger charge is -2.40. The number of ether oxygens (including phenoxy) is 3. The van der Waals surface area contributed by atoms with Crippen LogP contribution in [-0.4, -0.2) is 151 Å². The number of nitrogens with one attached hydrogen (secondary N) is 4. The molecule has 20 heteroatoms. The first kappa shape index (κ1) is 70.0. The van der Waals surface area contributed by atoms with Gasteiger partial charge in [-0.3, -0.25) is 43.3 Å². The van der Waals surface area contributed by atoms with Gasteiger partial charge >= 0.3 is 5.97 Å². The third-order valence-corrected chi connectivity index (χ3v) is 15.8. The number of unbranched alkanes of at least 4 members (excludes halogenated alkanes) is 1. The molecule has 0 aliphatic carbocycles. The molecule has 1 aromatic heterocycles. The van der Waals surface area contributed by atoms with E-state index in [1.165, 1.54) is 11.3 Å². The number of carboxylic acid groups (broad SMARTS) is 1. The van der Waals surface area contributed by atoms with Gasteiger partial charge in [0, 0.05) is 87.5 Å². The summed E-state index contributed by atoms with van der Waals surface area (Å²) >= 11 is 1.29. The predicted octanol–water partition coefficient (Wildman–Crippen LogP) is 8.06. The molecule has 0 aliphatic heterocycles. The summed E-state index contributed by atoms with van der Waals surface area (Å²) in [7, 11) is 5.29. The van der Waals surface area contributed by atoms with Gasteiger partial charge in [-0.2, -0.15) is 0 Å². The van der Waals surface area contributed by atoms with Crippen LogP contribution >= 0.6 is 11.3 Å². The average Bonchev–Trinajstić information content (AvgIpc) is 3.93. The molecule has 79 heavy (non-hydrogen) atoms. The van der Waals surface area contributed by atoms with Crippen LogP contribution in [0.4, 0.5) is 5.69 Å². The van der Waals surface area contributed by atoms with Crippen LogP contribution in [0.1, 0.15) is 174 Å². The standard InChI is InChI=1S/C59H97N7O12S/c1-15-27-66(57(73)47(39(7)17-3)34-51(68)59(10,11)65(12)13)49(38(5)6)35-50(78-28-16-2)56-64-48(37-79-56)55(72)63-45(31-40(8)58(74)75)32-42-22-24-44(25-23-42)62-53(70)41(9)61-54(71)43(33-46(67)18-4)21-19-20-26-60-52(69)36-77-30-29-76-14/h22-25,37-41,43,45,47,49-50H,15-21,26-36H2,1-14H3,(H,60,69)(H,61,71)(H,62,70)(H,63,72)(H,74,75)/t39?,40?,41?,43?,45-,47+,49-,50-/m1/s1. The zero-order valence-electron chi connectivity index (χ0n) is 50.0. The van der Waals surface area contributed by atoms with Crippen LogP contribution in [0.2, 0.25) is 0 Å². The largest absolute Gasteiger partial charge is 0.481 e. The molecule has 0 radical (unpaired) electrons. The molecule has 4 unspecified atom stereocenters. The zero-order valence-corrected chi connectivity index (χ0v) is 50.8. The molecular formula is C59H97N7O12S. The number of aromatic nitrogens is 1. The van der Waals surface area contributed by atoms with Crippen LogP contribution in [-0.2, 0) is 54.2 Å². The van der Waals surface area contributed by atoms with E-state index in [0.29, 0.717) is 69.3 Å². The van der Waals surface area contributed by atoms with Gasteiger partial charge in [0.2, 0.25) is 23.6 Å². The van der Waals surface area contributed by atoms with Gasteiger partial charge < -0.3 is 45.5 Å².